The van der Waals surface area contributed by atoms with E-state index >= 15 is 0 Å². The van der Waals surface area contributed by atoms with E-state index in [1.165, 1.54) is 0 Å². The highest BCUT2D eigenvalue weighted by Gasteiger charge is 2.34. The van der Waals surface area contributed by atoms with Crippen molar-refractivity contribution in [1.82, 2.24) is 0 Å². The first kappa shape index (κ1) is 24.1. The number of ether oxygens (including phenoxy) is 2. The van der Waals surface area contributed by atoms with Crippen molar-refractivity contribution in [2.75, 3.05) is 0 Å². The summed E-state index contributed by atoms with van der Waals surface area (Å²) in [6.07, 6.45) is -0.590. The van der Waals surface area contributed by atoms with Crippen LogP contribution >= 0.6 is 0 Å². The van der Waals surface area contributed by atoms with Gasteiger partial charge in [-0.3, -0.25) is 0 Å². The van der Waals surface area contributed by atoms with E-state index in [1.54, 1.807) is 0 Å². The molecule has 0 saturated heterocycles. The molecule has 2 atom stereocenters. The molecule has 0 unspecified atom stereocenters. The summed E-state index contributed by atoms with van der Waals surface area (Å²) in [5, 5.41) is 26.9. The fraction of sp³-hybridized carbons (Fsp3) is 0.111. The number of phenols is 2. The second kappa shape index (κ2) is 9.35. The lowest BCUT2D eigenvalue weighted by atomic mass is 9.83. The summed E-state index contributed by atoms with van der Waals surface area (Å²) in [6, 6.07) is 35.2. The number of aromatic hydroxyl groups is 2. The van der Waals surface area contributed by atoms with E-state index in [4.69, 9.17) is 9.47 Å². The molecule has 0 saturated carbocycles. The molecule has 0 spiro atoms. The predicted octanol–water partition coefficient (Wildman–Crippen LogP) is 8.95. The molecule has 196 valence electrons. The van der Waals surface area contributed by atoms with E-state index in [0.717, 1.165) is 21.9 Å². The van der Waals surface area contributed by atoms with Gasteiger partial charge in [0.05, 0.1) is 0 Å². The summed E-state index contributed by atoms with van der Waals surface area (Å²) in [5.41, 5.74) is 4.32. The van der Waals surface area contributed by atoms with Crippen molar-refractivity contribution in [3.8, 4) is 56.4 Å². The second-order valence-electron chi connectivity index (χ2n) is 10.3. The van der Waals surface area contributed by atoms with Gasteiger partial charge in [0.15, 0.2) is 0 Å². The Bertz CT molecular complexity index is 1750. The van der Waals surface area contributed by atoms with Crippen molar-refractivity contribution in [2.45, 2.75) is 26.1 Å². The van der Waals surface area contributed by atoms with Crippen molar-refractivity contribution in [2.24, 2.45) is 0 Å². The van der Waals surface area contributed by atoms with Gasteiger partial charge in [-0.15, -0.1) is 0 Å². The summed E-state index contributed by atoms with van der Waals surface area (Å²) >= 11 is 0. The lowest BCUT2D eigenvalue weighted by molar-refractivity contribution is 0.0784. The number of rotatable bonds is 2. The van der Waals surface area contributed by atoms with Gasteiger partial charge in [-0.25, -0.2) is 0 Å². The number of fused-ring (bicyclic) bond motifs is 7. The molecule has 0 radical (unpaired) electrons. The van der Waals surface area contributed by atoms with E-state index in [9.17, 15) is 10.2 Å². The lowest BCUT2D eigenvalue weighted by Crippen LogP contribution is -2.33. The number of hydrogen-bond acceptors (Lipinski definition) is 4. The standard InChI is InChI=1S/C36H28O4/c1-21-22(2)40-36-28-20-12-10-18-26(28)34(38)30(24-15-7-4-8-16-24)32(36)31-29(23-13-5-3-6-14-23)33(37)25-17-9-11-19-27(25)35(31)39-21/h3-22,37-38H,1-2H3/t21-,22-/m1/s1. The van der Waals surface area contributed by atoms with Gasteiger partial charge in [0.25, 0.3) is 0 Å². The Morgan fingerprint density at radius 2 is 0.750 bits per heavy atom. The van der Waals surface area contributed by atoms with Crippen LogP contribution in [-0.4, -0.2) is 22.4 Å². The molecule has 40 heavy (non-hydrogen) atoms. The van der Waals surface area contributed by atoms with Crippen LogP contribution in [0.25, 0.3) is 54.9 Å². The van der Waals surface area contributed by atoms with E-state index in [-0.39, 0.29) is 23.7 Å². The Kier molecular flexibility index (Phi) is 5.64. The Balaban J connectivity index is 1.78. The minimum Gasteiger partial charge on any atom is -0.507 e. The van der Waals surface area contributed by atoms with Gasteiger partial charge < -0.3 is 19.7 Å². The zero-order valence-electron chi connectivity index (χ0n) is 22.3. The normalized spacial score (nSPS) is 16.4. The Labute approximate surface area is 232 Å². The molecule has 6 aromatic carbocycles. The molecule has 6 aromatic rings. The lowest BCUT2D eigenvalue weighted by Gasteiger charge is -2.33. The zero-order chi connectivity index (χ0) is 27.4. The molecular weight excluding hydrogens is 496 g/mol. The highest BCUT2D eigenvalue weighted by Crippen LogP contribution is 2.59. The monoisotopic (exact) mass is 524 g/mol. The number of hydrogen-bond donors (Lipinski definition) is 2. The molecule has 4 heteroatoms. The van der Waals surface area contributed by atoms with Crippen LogP contribution in [0.5, 0.6) is 23.0 Å². The maximum atomic E-state index is 11.9. The fourth-order valence-electron chi connectivity index (χ4n) is 5.83. The number of phenolic OH excluding ortho intramolecular Hbond substituents is 2. The Morgan fingerprint density at radius 1 is 0.425 bits per heavy atom. The Hall–Kier alpha value is -4.96. The average Bonchev–Trinajstić information content (AvgIpc) is 3.00. The molecule has 2 N–H and O–H groups in total. The van der Waals surface area contributed by atoms with E-state index < -0.39 is 0 Å². The molecule has 1 aliphatic rings. The largest absolute Gasteiger partial charge is 0.507 e. The molecule has 7 rings (SSSR count). The average molecular weight is 525 g/mol. The van der Waals surface area contributed by atoms with E-state index in [0.29, 0.717) is 44.5 Å². The van der Waals surface area contributed by atoms with Crippen LogP contribution in [-0.2, 0) is 0 Å². The first-order valence-corrected chi connectivity index (χ1v) is 13.5. The van der Waals surface area contributed by atoms with Crippen molar-refractivity contribution >= 4 is 21.5 Å². The third-order valence-corrected chi connectivity index (χ3v) is 7.92. The summed E-state index contributed by atoms with van der Waals surface area (Å²) < 4.78 is 13.5. The van der Waals surface area contributed by atoms with Crippen LogP contribution < -0.4 is 9.47 Å². The zero-order valence-corrected chi connectivity index (χ0v) is 22.3. The summed E-state index contributed by atoms with van der Waals surface area (Å²) in [7, 11) is 0. The van der Waals surface area contributed by atoms with Crippen LogP contribution in [0, 0.1) is 0 Å². The van der Waals surface area contributed by atoms with E-state index in [2.05, 4.69) is 0 Å². The molecule has 0 amide bonds. The number of benzene rings is 6. The topological polar surface area (TPSA) is 58.9 Å². The van der Waals surface area contributed by atoms with Crippen molar-refractivity contribution in [3.05, 3.63) is 109 Å². The summed E-state index contributed by atoms with van der Waals surface area (Å²) in [5.74, 6) is 1.62. The van der Waals surface area contributed by atoms with Gasteiger partial charge in [-0.05, 0) is 25.0 Å². The molecule has 4 nitrogen and oxygen atoms in total. The van der Waals surface area contributed by atoms with Gasteiger partial charge in [0.1, 0.15) is 35.2 Å². The molecule has 0 aliphatic carbocycles. The highest BCUT2D eigenvalue weighted by molar-refractivity contribution is 6.15. The molecule has 0 bridgehead atoms. The van der Waals surface area contributed by atoms with Gasteiger partial charge in [-0.1, -0.05) is 109 Å². The maximum Gasteiger partial charge on any atom is 0.136 e. The minimum absolute atomic E-state index is 0.156. The van der Waals surface area contributed by atoms with Crippen LogP contribution in [0.1, 0.15) is 13.8 Å². The second-order valence-corrected chi connectivity index (χ2v) is 10.3. The molecule has 1 heterocycles. The van der Waals surface area contributed by atoms with Crippen LogP contribution in [0.3, 0.4) is 0 Å². The fourth-order valence-corrected chi connectivity index (χ4v) is 5.83. The first-order chi connectivity index (χ1) is 19.5. The Morgan fingerprint density at radius 3 is 1.12 bits per heavy atom. The first-order valence-electron chi connectivity index (χ1n) is 13.5. The quantitative estimate of drug-likeness (QED) is 0.237. The predicted molar refractivity (Wildman–Crippen MR) is 161 cm³/mol. The molecule has 0 fully saturated rings. The van der Waals surface area contributed by atoms with Crippen molar-refractivity contribution < 1.29 is 19.7 Å². The van der Waals surface area contributed by atoms with Gasteiger partial charge in [0.2, 0.25) is 0 Å². The summed E-state index contributed by atoms with van der Waals surface area (Å²) in [4.78, 5) is 0. The molecular formula is C36H28O4. The molecule has 1 aliphatic heterocycles. The van der Waals surface area contributed by atoms with E-state index in [1.807, 2.05) is 123 Å². The van der Waals surface area contributed by atoms with Gasteiger partial charge in [0, 0.05) is 43.8 Å². The van der Waals surface area contributed by atoms with Crippen LogP contribution in [0.15, 0.2) is 109 Å². The summed E-state index contributed by atoms with van der Waals surface area (Å²) in [6.45, 7) is 4.01. The van der Waals surface area contributed by atoms with Gasteiger partial charge in [-0.2, -0.15) is 0 Å². The van der Waals surface area contributed by atoms with Crippen molar-refractivity contribution in [3.63, 3.8) is 0 Å². The third kappa shape index (κ3) is 3.60. The minimum atomic E-state index is -0.295. The third-order valence-electron chi connectivity index (χ3n) is 7.92. The van der Waals surface area contributed by atoms with Crippen molar-refractivity contribution in [1.29, 1.82) is 0 Å². The van der Waals surface area contributed by atoms with Crippen LogP contribution in [0.2, 0.25) is 0 Å². The maximum absolute atomic E-state index is 11.9. The van der Waals surface area contributed by atoms with Gasteiger partial charge >= 0.3 is 0 Å². The SMILES string of the molecule is C[C@H]1Oc2c(c(-c3ccccc3)c(O)c3ccccc23)-c2c(-c3ccccc3)c(O)c3ccccc3c2O[C@@H]1C. The van der Waals surface area contributed by atoms with Crippen LogP contribution in [0.4, 0.5) is 0 Å². The smallest absolute Gasteiger partial charge is 0.136 e. The molecule has 0 aromatic heterocycles. The highest BCUT2D eigenvalue weighted by atomic mass is 16.5.